The molecule has 5 rings (SSSR count). The van der Waals surface area contributed by atoms with Gasteiger partial charge in [-0.3, -0.25) is 0 Å². The van der Waals surface area contributed by atoms with Crippen LogP contribution < -0.4 is 11.1 Å². The molecule has 1 aliphatic carbocycles. The molecular weight excluding hydrogens is 509 g/mol. The Morgan fingerprint density at radius 1 is 0.875 bits per heavy atom. The molecule has 216 valence electrons. The predicted octanol–water partition coefficient (Wildman–Crippen LogP) is 7.51. The van der Waals surface area contributed by atoms with Crippen LogP contribution in [0.15, 0.2) is 67.4 Å². The van der Waals surface area contributed by atoms with E-state index in [2.05, 4.69) is 71.9 Å². The third-order valence-electron chi connectivity index (χ3n) is 9.45. The molecule has 0 bridgehead atoms. The zero-order valence-electron chi connectivity index (χ0n) is 23.5. The summed E-state index contributed by atoms with van der Waals surface area (Å²) in [7, 11) is 0. The average molecular weight is 553 g/mol. The van der Waals surface area contributed by atoms with Crippen molar-refractivity contribution < 1.29 is 13.2 Å². The van der Waals surface area contributed by atoms with Crippen LogP contribution in [-0.4, -0.2) is 54.7 Å². The lowest BCUT2D eigenvalue weighted by molar-refractivity contribution is -0.256. The first kappa shape index (κ1) is 28.6. The Morgan fingerprint density at radius 3 is 2.05 bits per heavy atom. The molecule has 2 aliphatic heterocycles. The van der Waals surface area contributed by atoms with E-state index in [1.165, 1.54) is 6.42 Å². The number of alkyl halides is 3. The van der Waals surface area contributed by atoms with Crippen molar-refractivity contribution in [2.45, 2.75) is 63.6 Å². The van der Waals surface area contributed by atoms with Crippen LogP contribution in [0.5, 0.6) is 0 Å². The first-order valence-corrected chi connectivity index (χ1v) is 14.8. The van der Waals surface area contributed by atoms with Gasteiger partial charge < -0.3 is 20.9 Å². The summed E-state index contributed by atoms with van der Waals surface area (Å²) in [6, 6.07) is 17.1. The zero-order valence-corrected chi connectivity index (χ0v) is 23.5. The molecule has 3 fully saturated rings. The lowest BCUT2D eigenvalue weighted by atomic mass is 9.67. The lowest BCUT2D eigenvalue weighted by Gasteiger charge is -2.47. The number of rotatable bonds is 9. The van der Waals surface area contributed by atoms with Crippen LogP contribution in [0, 0.1) is 11.3 Å². The number of halogens is 3. The number of likely N-dealkylation sites (tertiary alicyclic amines) is 2. The number of piperidine rings is 2. The summed E-state index contributed by atoms with van der Waals surface area (Å²) in [6.45, 7) is 11.8. The molecular formula is C33H43F3N4. The minimum absolute atomic E-state index is 0.155. The van der Waals surface area contributed by atoms with Gasteiger partial charge >= 0.3 is 6.18 Å². The quantitative estimate of drug-likeness (QED) is 0.338. The molecule has 3 aliphatic rings. The van der Waals surface area contributed by atoms with Gasteiger partial charge in [-0.15, -0.1) is 0 Å². The summed E-state index contributed by atoms with van der Waals surface area (Å²) in [5, 5.41) is 3.54. The molecule has 2 aromatic carbocycles. The lowest BCUT2D eigenvalue weighted by Crippen LogP contribution is -2.53. The van der Waals surface area contributed by atoms with Crippen molar-refractivity contribution in [3.05, 3.63) is 72.9 Å². The number of nitrogens with zero attached hydrogens (tertiary/aromatic N) is 2. The summed E-state index contributed by atoms with van der Waals surface area (Å²) >= 11 is 0. The zero-order chi connectivity index (χ0) is 28.3. The minimum Gasteiger partial charge on any atom is -0.401 e. The van der Waals surface area contributed by atoms with Crippen LogP contribution >= 0.6 is 0 Å². The van der Waals surface area contributed by atoms with E-state index in [4.69, 9.17) is 5.73 Å². The standard InChI is InChI=1S/C33H43F3N4/c1-24(37)31-6-3-4-19-40(31)25(2)27-7-9-28(10-8-27)29-11-13-30(14-12-29)38-22-26-15-20-39(21-16-26)23-32(17-5-18-32)33(34,35)36/h7-14,26,31,38H,1-6,15-23,37H2. The fraction of sp³-hybridized carbons (Fsp3) is 0.515. The molecule has 0 amide bonds. The second-order valence-corrected chi connectivity index (χ2v) is 12.1. The molecule has 2 saturated heterocycles. The largest absolute Gasteiger partial charge is 0.401 e. The number of hydrogen-bond donors (Lipinski definition) is 2. The number of hydrogen-bond acceptors (Lipinski definition) is 4. The van der Waals surface area contributed by atoms with Crippen LogP contribution in [0.1, 0.15) is 56.9 Å². The Bertz CT molecular complexity index is 1160. The van der Waals surface area contributed by atoms with Crippen molar-refractivity contribution >= 4 is 11.4 Å². The topological polar surface area (TPSA) is 44.5 Å². The molecule has 1 saturated carbocycles. The van der Waals surface area contributed by atoms with Gasteiger partial charge in [0, 0.05) is 36.7 Å². The second-order valence-electron chi connectivity index (χ2n) is 12.1. The normalized spacial score (nSPS) is 22.0. The highest BCUT2D eigenvalue weighted by molar-refractivity contribution is 5.70. The fourth-order valence-corrected chi connectivity index (χ4v) is 6.62. The number of nitrogens with one attached hydrogen (secondary N) is 1. The van der Waals surface area contributed by atoms with Gasteiger partial charge in [-0.25, -0.2) is 0 Å². The summed E-state index contributed by atoms with van der Waals surface area (Å²) < 4.78 is 40.6. The molecule has 2 heterocycles. The molecule has 0 radical (unpaired) electrons. The molecule has 0 spiro atoms. The van der Waals surface area contributed by atoms with Gasteiger partial charge in [0.05, 0.1) is 11.5 Å². The van der Waals surface area contributed by atoms with Crippen molar-refractivity contribution in [1.29, 1.82) is 0 Å². The van der Waals surface area contributed by atoms with Crippen LogP contribution in [0.2, 0.25) is 0 Å². The van der Waals surface area contributed by atoms with Crippen LogP contribution in [0.3, 0.4) is 0 Å². The second kappa shape index (κ2) is 11.9. The monoisotopic (exact) mass is 552 g/mol. The van der Waals surface area contributed by atoms with Crippen LogP contribution in [0.25, 0.3) is 16.8 Å². The first-order chi connectivity index (χ1) is 19.1. The van der Waals surface area contributed by atoms with E-state index in [1.54, 1.807) is 0 Å². The average Bonchev–Trinajstić information content (AvgIpc) is 2.94. The van der Waals surface area contributed by atoms with Crippen molar-refractivity contribution in [3.8, 4) is 11.1 Å². The maximum Gasteiger partial charge on any atom is 0.395 e. The molecule has 4 nitrogen and oxygen atoms in total. The van der Waals surface area contributed by atoms with E-state index >= 15 is 0 Å². The smallest absolute Gasteiger partial charge is 0.395 e. The molecule has 2 aromatic rings. The molecule has 1 unspecified atom stereocenters. The van der Waals surface area contributed by atoms with E-state index < -0.39 is 11.6 Å². The first-order valence-electron chi connectivity index (χ1n) is 14.8. The third-order valence-corrected chi connectivity index (χ3v) is 9.45. The molecule has 3 N–H and O–H groups in total. The van der Waals surface area contributed by atoms with Crippen molar-refractivity contribution in [1.82, 2.24) is 9.80 Å². The van der Waals surface area contributed by atoms with E-state index in [1.807, 2.05) is 4.90 Å². The van der Waals surface area contributed by atoms with Gasteiger partial charge in [0.25, 0.3) is 0 Å². The number of benzene rings is 2. The molecule has 1 atom stereocenters. The molecule has 7 heteroatoms. The molecule has 40 heavy (non-hydrogen) atoms. The maximum absolute atomic E-state index is 13.5. The maximum atomic E-state index is 13.5. The number of nitrogens with two attached hydrogens (primary N) is 1. The fourth-order valence-electron chi connectivity index (χ4n) is 6.62. The van der Waals surface area contributed by atoms with Crippen molar-refractivity contribution in [2.75, 3.05) is 38.0 Å². The predicted molar refractivity (Wildman–Crippen MR) is 159 cm³/mol. The number of anilines is 1. The summed E-state index contributed by atoms with van der Waals surface area (Å²) in [5.74, 6) is 0.482. The van der Waals surface area contributed by atoms with Gasteiger partial charge in [0.2, 0.25) is 0 Å². The van der Waals surface area contributed by atoms with Crippen molar-refractivity contribution in [3.63, 3.8) is 0 Å². The Balaban J connectivity index is 1.10. The Labute approximate surface area is 237 Å². The van der Waals surface area contributed by atoms with Crippen LogP contribution in [0.4, 0.5) is 18.9 Å². The van der Waals surface area contributed by atoms with Crippen LogP contribution in [-0.2, 0) is 0 Å². The SMILES string of the molecule is C=C(N)C1CCCCN1C(=C)c1ccc(-c2ccc(NCC3CCN(CC4(C(F)(F)F)CCC4)CC3)cc2)cc1. The minimum atomic E-state index is -4.08. The van der Waals surface area contributed by atoms with Crippen molar-refractivity contribution in [2.24, 2.45) is 17.1 Å². The highest BCUT2D eigenvalue weighted by Crippen LogP contribution is 2.53. The van der Waals surface area contributed by atoms with Gasteiger partial charge in [-0.2, -0.15) is 13.2 Å². The highest BCUT2D eigenvalue weighted by atomic mass is 19.4. The van der Waals surface area contributed by atoms with E-state index in [9.17, 15) is 13.2 Å². The van der Waals surface area contributed by atoms with Gasteiger partial charge in [-0.1, -0.05) is 56.0 Å². The summed E-state index contributed by atoms with van der Waals surface area (Å²) in [5.41, 5.74) is 10.8. The van der Waals surface area contributed by atoms with Gasteiger partial charge in [0.15, 0.2) is 0 Å². The highest BCUT2D eigenvalue weighted by Gasteiger charge is 2.58. The Morgan fingerprint density at radius 2 is 1.50 bits per heavy atom. The van der Waals surface area contributed by atoms with E-state index in [0.717, 1.165) is 79.9 Å². The van der Waals surface area contributed by atoms with Gasteiger partial charge in [-0.05, 0) is 92.8 Å². The third kappa shape index (κ3) is 6.19. The Kier molecular flexibility index (Phi) is 8.50. The summed E-state index contributed by atoms with van der Waals surface area (Å²) in [6.07, 6.45) is 2.41. The molecule has 0 aromatic heterocycles. The van der Waals surface area contributed by atoms with E-state index in [0.29, 0.717) is 18.0 Å². The van der Waals surface area contributed by atoms with E-state index in [-0.39, 0.29) is 25.4 Å². The Hall–Kier alpha value is -2.93. The van der Waals surface area contributed by atoms with Gasteiger partial charge in [0.1, 0.15) is 0 Å². The summed E-state index contributed by atoms with van der Waals surface area (Å²) in [4.78, 5) is 4.33.